The lowest BCUT2D eigenvalue weighted by molar-refractivity contribution is -0.00165. The van der Waals surface area contributed by atoms with Crippen molar-refractivity contribution in [2.75, 3.05) is 31.6 Å². The average molecular weight is 623 g/mol. The van der Waals surface area contributed by atoms with Crippen LogP contribution in [0.25, 0.3) is 21.3 Å². The Hall–Kier alpha value is -3.22. The molecule has 1 atom stereocenters. The first-order valence-corrected chi connectivity index (χ1v) is 14.7. The molecule has 5 rings (SSSR count). The Morgan fingerprint density at radius 3 is 2.52 bits per heavy atom. The fourth-order valence-corrected chi connectivity index (χ4v) is 6.14. The van der Waals surface area contributed by atoms with Gasteiger partial charge in [0, 0.05) is 42.9 Å². The van der Waals surface area contributed by atoms with Crippen molar-refractivity contribution < 1.29 is 32.6 Å². The lowest BCUT2D eigenvalue weighted by Crippen LogP contribution is -2.56. The first-order chi connectivity index (χ1) is 19.6. The van der Waals surface area contributed by atoms with E-state index < -0.39 is 35.0 Å². The summed E-state index contributed by atoms with van der Waals surface area (Å²) in [5.74, 6) is -1.21. The van der Waals surface area contributed by atoms with E-state index >= 15 is 4.39 Å². The monoisotopic (exact) mass is 622 g/mol. The van der Waals surface area contributed by atoms with Crippen LogP contribution in [0.2, 0.25) is 5.02 Å². The van der Waals surface area contributed by atoms with Gasteiger partial charge >= 0.3 is 12.2 Å². The smallest absolute Gasteiger partial charge is 0.413 e. The minimum Gasteiger partial charge on any atom is -0.488 e. The Labute approximate surface area is 251 Å². The van der Waals surface area contributed by atoms with E-state index in [4.69, 9.17) is 25.8 Å². The molecule has 0 bridgehead atoms. The average Bonchev–Trinajstić information content (AvgIpc) is 3.18. The molecular weight excluding hydrogens is 590 g/mol. The van der Waals surface area contributed by atoms with E-state index in [0.717, 1.165) is 11.3 Å². The molecule has 1 saturated heterocycles. The van der Waals surface area contributed by atoms with E-state index in [1.165, 1.54) is 12.1 Å². The fourth-order valence-electron chi connectivity index (χ4n) is 4.94. The van der Waals surface area contributed by atoms with Crippen LogP contribution in [-0.2, 0) is 16.0 Å². The molecule has 2 aliphatic rings. The molecule has 0 spiro atoms. The summed E-state index contributed by atoms with van der Waals surface area (Å²) in [4.78, 5) is 33.1. The lowest BCUT2D eigenvalue weighted by atomic mass is 10.00. The van der Waals surface area contributed by atoms with Crippen molar-refractivity contribution in [2.45, 2.75) is 65.3 Å². The van der Waals surface area contributed by atoms with Gasteiger partial charge in [0.15, 0.2) is 16.7 Å². The maximum absolute atomic E-state index is 16.3. The molecule has 0 radical (unpaired) electrons. The van der Waals surface area contributed by atoms with Crippen molar-refractivity contribution in [1.29, 1.82) is 0 Å². The van der Waals surface area contributed by atoms with E-state index in [1.54, 1.807) is 31.7 Å². The SMILES string of the molecule is CC(C)(C)OC(=O)Nc1nc2c(-c3c(Cl)cc4c(c3F)OC[C@@H]3CN(C(=O)OC(C)(C)C)CCN3C4)ccc(F)c2s1. The van der Waals surface area contributed by atoms with Gasteiger partial charge in [-0.1, -0.05) is 22.9 Å². The third-order valence-electron chi connectivity index (χ3n) is 6.67. The van der Waals surface area contributed by atoms with E-state index in [9.17, 15) is 14.0 Å². The molecule has 1 N–H and O–H groups in total. The molecule has 42 heavy (non-hydrogen) atoms. The van der Waals surface area contributed by atoms with Gasteiger partial charge in [-0.15, -0.1) is 0 Å². The number of halogens is 3. The van der Waals surface area contributed by atoms with Crippen molar-refractivity contribution in [3.05, 3.63) is 40.4 Å². The number of hydrogen-bond donors (Lipinski definition) is 1. The number of rotatable bonds is 2. The van der Waals surface area contributed by atoms with Gasteiger partial charge in [0.25, 0.3) is 0 Å². The van der Waals surface area contributed by atoms with E-state index in [0.29, 0.717) is 31.7 Å². The number of anilines is 1. The summed E-state index contributed by atoms with van der Waals surface area (Å²) >= 11 is 7.57. The summed E-state index contributed by atoms with van der Waals surface area (Å²) in [6.07, 6.45) is -1.14. The van der Waals surface area contributed by atoms with Crippen molar-refractivity contribution in [3.8, 4) is 16.9 Å². The van der Waals surface area contributed by atoms with Gasteiger partial charge in [-0.25, -0.2) is 23.4 Å². The summed E-state index contributed by atoms with van der Waals surface area (Å²) in [5, 5.41) is 2.73. The second-order valence-electron chi connectivity index (χ2n) is 12.3. The minimum absolute atomic E-state index is 0.0183. The van der Waals surface area contributed by atoms with Crippen molar-refractivity contribution in [2.24, 2.45) is 0 Å². The lowest BCUT2D eigenvalue weighted by Gasteiger charge is -2.40. The second-order valence-corrected chi connectivity index (χ2v) is 13.7. The minimum atomic E-state index is -0.743. The largest absolute Gasteiger partial charge is 0.488 e. The highest BCUT2D eigenvalue weighted by atomic mass is 35.5. The molecule has 3 heterocycles. The van der Waals surface area contributed by atoms with Gasteiger partial charge < -0.3 is 19.1 Å². The van der Waals surface area contributed by atoms with Crippen molar-refractivity contribution in [1.82, 2.24) is 14.8 Å². The normalized spacial score (nSPS) is 17.6. The number of nitrogens with one attached hydrogen (secondary N) is 1. The van der Waals surface area contributed by atoms with Gasteiger partial charge in [0.1, 0.15) is 23.6 Å². The first kappa shape index (κ1) is 30.2. The zero-order chi connectivity index (χ0) is 30.6. The van der Waals surface area contributed by atoms with E-state index in [1.807, 2.05) is 20.8 Å². The number of benzene rings is 2. The fraction of sp³-hybridized carbons (Fsp3) is 0.483. The predicted octanol–water partition coefficient (Wildman–Crippen LogP) is 7.06. The summed E-state index contributed by atoms with van der Waals surface area (Å²) in [6, 6.07) is 4.09. The second kappa shape index (κ2) is 11.1. The Morgan fingerprint density at radius 2 is 1.83 bits per heavy atom. The van der Waals surface area contributed by atoms with Gasteiger partial charge in [0.2, 0.25) is 0 Å². The number of hydrogen-bond acceptors (Lipinski definition) is 8. The molecule has 1 fully saturated rings. The van der Waals surface area contributed by atoms with Crippen LogP contribution >= 0.6 is 22.9 Å². The number of thiazole rings is 1. The third-order valence-corrected chi connectivity index (χ3v) is 7.95. The number of piperazine rings is 1. The van der Waals surface area contributed by atoms with Crippen LogP contribution in [0.4, 0.5) is 23.5 Å². The zero-order valence-corrected chi connectivity index (χ0v) is 25.8. The number of carbonyl (C=O) groups is 2. The Kier molecular flexibility index (Phi) is 8.01. The molecule has 0 unspecified atom stereocenters. The predicted molar refractivity (Wildman–Crippen MR) is 157 cm³/mol. The Bertz CT molecular complexity index is 1550. The molecule has 9 nitrogen and oxygen atoms in total. The molecule has 0 saturated carbocycles. The maximum atomic E-state index is 16.3. The standard InChI is InChI=1S/C29H33ClF2N4O5S/c1-28(2,3)40-26(37)34-25-33-22-17(7-8-19(31)24(22)42-25)20-18(30)11-15-12-35-9-10-36(27(38)41-29(4,5)6)13-16(35)14-39-23(15)21(20)32/h7-8,11,16H,9-10,12-14H2,1-6H3,(H,33,34,37)/t16-/m0/s1. The molecule has 226 valence electrons. The molecule has 3 aromatic rings. The van der Waals surface area contributed by atoms with Crippen LogP contribution in [0, 0.1) is 11.6 Å². The van der Waals surface area contributed by atoms with Crippen LogP contribution in [0.5, 0.6) is 5.75 Å². The highest BCUT2D eigenvalue weighted by Crippen LogP contribution is 2.44. The Balaban J connectivity index is 1.44. The van der Waals surface area contributed by atoms with Crippen LogP contribution in [0.1, 0.15) is 47.1 Å². The third kappa shape index (κ3) is 6.40. The number of ether oxygens (including phenoxy) is 3. The maximum Gasteiger partial charge on any atom is 0.413 e. The van der Waals surface area contributed by atoms with Gasteiger partial charge in [0.05, 0.1) is 21.3 Å². The molecular formula is C29H33ClF2N4O5S. The van der Waals surface area contributed by atoms with Gasteiger partial charge in [-0.2, -0.15) is 0 Å². The van der Waals surface area contributed by atoms with Crippen LogP contribution < -0.4 is 10.1 Å². The highest BCUT2D eigenvalue weighted by molar-refractivity contribution is 7.22. The molecule has 0 aliphatic carbocycles. The van der Waals surface area contributed by atoms with Gasteiger partial charge in [-0.3, -0.25) is 10.2 Å². The number of fused-ring (bicyclic) bond motifs is 3. The molecule has 2 aliphatic heterocycles. The molecule has 2 amide bonds. The Morgan fingerprint density at radius 1 is 1.12 bits per heavy atom. The van der Waals surface area contributed by atoms with Crippen LogP contribution in [0.15, 0.2) is 18.2 Å². The first-order valence-electron chi connectivity index (χ1n) is 13.5. The van der Waals surface area contributed by atoms with E-state index in [2.05, 4.69) is 15.2 Å². The summed E-state index contributed by atoms with van der Waals surface area (Å²) in [6.45, 7) is 12.5. The highest BCUT2D eigenvalue weighted by Gasteiger charge is 2.36. The van der Waals surface area contributed by atoms with E-state index in [-0.39, 0.29) is 49.9 Å². The molecule has 2 aromatic carbocycles. The zero-order valence-electron chi connectivity index (χ0n) is 24.3. The summed E-state index contributed by atoms with van der Waals surface area (Å²) in [5.41, 5.74) is -0.366. The number of amides is 2. The number of carbonyl (C=O) groups excluding carboxylic acids is 2. The molecule has 1 aromatic heterocycles. The summed E-state index contributed by atoms with van der Waals surface area (Å²) in [7, 11) is 0. The number of nitrogens with zero attached hydrogens (tertiary/aromatic N) is 3. The van der Waals surface area contributed by atoms with Crippen LogP contribution in [-0.4, -0.2) is 70.5 Å². The van der Waals surface area contributed by atoms with Crippen molar-refractivity contribution in [3.63, 3.8) is 0 Å². The topological polar surface area (TPSA) is 93.2 Å². The quantitative estimate of drug-likeness (QED) is 0.327. The van der Waals surface area contributed by atoms with Gasteiger partial charge in [-0.05, 0) is 59.7 Å². The van der Waals surface area contributed by atoms with Crippen LogP contribution in [0.3, 0.4) is 0 Å². The summed E-state index contributed by atoms with van der Waals surface area (Å²) < 4.78 is 48.0. The number of aromatic nitrogens is 1. The van der Waals surface area contributed by atoms with Crippen molar-refractivity contribution >= 4 is 50.5 Å². The molecule has 13 heteroatoms.